The quantitative estimate of drug-likeness (QED) is 0.641. The maximum absolute atomic E-state index is 13.3. The highest BCUT2D eigenvalue weighted by molar-refractivity contribution is 7.91. The summed E-state index contributed by atoms with van der Waals surface area (Å²) in [6, 6.07) is 2.51. The molecule has 1 aromatic rings. The fraction of sp³-hybridized carbons (Fsp3) is 0.500. The highest BCUT2D eigenvalue weighted by Gasteiger charge is 2.19. The molecule has 0 aliphatic rings. The molecule has 102 valence electrons. The van der Waals surface area contributed by atoms with Crippen LogP contribution in [0.15, 0.2) is 23.1 Å². The van der Waals surface area contributed by atoms with Crippen molar-refractivity contribution in [1.29, 1.82) is 0 Å². The van der Waals surface area contributed by atoms with E-state index >= 15 is 0 Å². The van der Waals surface area contributed by atoms with Crippen molar-refractivity contribution in [2.75, 3.05) is 5.75 Å². The lowest BCUT2D eigenvalue weighted by molar-refractivity contribution is 0.545. The summed E-state index contributed by atoms with van der Waals surface area (Å²) in [4.78, 5) is -0.440. The predicted molar refractivity (Wildman–Crippen MR) is 65.9 cm³/mol. The molecule has 0 bridgehead atoms. The first kappa shape index (κ1) is 15.0. The third-order valence-electron chi connectivity index (χ3n) is 2.55. The summed E-state index contributed by atoms with van der Waals surface area (Å²) in [5.74, 6) is -1.98. The van der Waals surface area contributed by atoms with Gasteiger partial charge in [0.1, 0.15) is 16.5 Å². The number of sulfone groups is 1. The Hall–Kier alpha value is -1.01. The zero-order valence-corrected chi connectivity index (χ0v) is 11.0. The van der Waals surface area contributed by atoms with Gasteiger partial charge in [-0.25, -0.2) is 17.2 Å². The summed E-state index contributed by atoms with van der Waals surface area (Å²) >= 11 is 0. The fourth-order valence-electron chi connectivity index (χ4n) is 1.60. The van der Waals surface area contributed by atoms with Crippen LogP contribution in [-0.2, 0) is 9.84 Å². The average Bonchev–Trinajstić information content (AvgIpc) is 2.23. The summed E-state index contributed by atoms with van der Waals surface area (Å²) in [5.41, 5.74) is 5.54. The van der Waals surface area contributed by atoms with Crippen molar-refractivity contribution in [3.05, 3.63) is 29.8 Å². The smallest absolute Gasteiger partial charge is 0.181 e. The second-order valence-electron chi connectivity index (χ2n) is 4.37. The average molecular weight is 277 g/mol. The van der Waals surface area contributed by atoms with E-state index in [1.54, 1.807) is 0 Å². The molecule has 18 heavy (non-hydrogen) atoms. The SMILES string of the molecule is CC(N)CCCCS(=O)(=O)c1ccc(F)cc1F. The number of rotatable bonds is 6. The summed E-state index contributed by atoms with van der Waals surface area (Å²) in [6.45, 7) is 1.84. The van der Waals surface area contributed by atoms with Crippen molar-refractivity contribution in [2.45, 2.75) is 37.1 Å². The zero-order chi connectivity index (χ0) is 13.8. The van der Waals surface area contributed by atoms with Crippen LogP contribution in [0.4, 0.5) is 8.78 Å². The van der Waals surface area contributed by atoms with Crippen LogP contribution < -0.4 is 5.73 Å². The number of hydrogen-bond donors (Lipinski definition) is 1. The molecule has 0 fully saturated rings. The van der Waals surface area contributed by atoms with Gasteiger partial charge in [-0.15, -0.1) is 0 Å². The van der Waals surface area contributed by atoms with Gasteiger partial charge in [-0.2, -0.15) is 0 Å². The van der Waals surface area contributed by atoms with Gasteiger partial charge in [-0.05, 0) is 31.9 Å². The summed E-state index contributed by atoms with van der Waals surface area (Å²) in [5, 5.41) is 0. The molecule has 0 amide bonds. The van der Waals surface area contributed by atoms with E-state index in [4.69, 9.17) is 5.73 Å². The van der Waals surface area contributed by atoms with Gasteiger partial charge in [-0.1, -0.05) is 6.42 Å². The first-order chi connectivity index (χ1) is 8.33. The van der Waals surface area contributed by atoms with Crippen LogP contribution in [0.2, 0.25) is 0 Å². The van der Waals surface area contributed by atoms with Gasteiger partial charge in [0.25, 0.3) is 0 Å². The topological polar surface area (TPSA) is 60.2 Å². The van der Waals surface area contributed by atoms with Gasteiger partial charge in [0, 0.05) is 12.1 Å². The Labute approximate surface area is 106 Å². The highest BCUT2D eigenvalue weighted by Crippen LogP contribution is 2.18. The lowest BCUT2D eigenvalue weighted by atomic mass is 10.2. The van der Waals surface area contributed by atoms with E-state index in [-0.39, 0.29) is 11.8 Å². The number of benzene rings is 1. The van der Waals surface area contributed by atoms with Crippen LogP contribution in [0.3, 0.4) is 0 Å². The van der Waals surface area contributed by atoms with Crippen molar-refractivity contribution in [3.63, 3.8) is 0 Å². The maximum atomic E-state index is 13.3. The van der Waals surface area contributed by atoms with Crippen LogP contribution in [0.1, 0.15) is 26.2 Å². The monoisotopic (exact) mass is 277 g/mol. The van der Waals surface area contributed by atoms with Crippen LogP contribution in [0.25, 0.3) is 0 Å². The minimum atomic E-state index is -3.69. The summed E-state index contributed by atoms with van der Waals surface area (Å²) in [6.07, 6.45) is 1.81. The Morgan fingerprint density at radius 1 is 1.28 bits per heavy atom. The normalized spacial score (nSPS) is 13.6. The molecule has 0 aliphatic heterocycles. The van der Waals surface area contributed by atoms with Gasteiger partial charge in [0.2, 0.25) is 0 Å². The lowest BCUT2D eigenvalue weighted by Crippen LogP contribution is -2.15. The largest absolute Gasteiger partial charge is 0.328 e. The molecular formula is C12H17F2NO2S. The Kier molecular flexibility index (Phi) is 5.22. The fourth-order valence-corrected chi connectivity index (χ4v) is 3.03. The summed E-state index contributed by atoms with van der Waals surface area (Å²) < 4.78 is 49.7. The van der Waals surface area contributed by atoms with E-state index < -0.39 is 26.4 Å². The van der Waals surface area contributed by atoms with Gasteiger partial charge < -0.3 is 5.73 Å². The predicted octanol–water partition coefficient (Wildman–Crippen LogP) is 2.26. The molecule has 1 rings (SSSR count). The standard InChI is InChI=1S/C12H17F2NO2S/c1-9(15)4-2-3-7-18(16,17)12-6-5-10(13)8-11(12)14/h5-6,8-9H,2-4,7,15H2,1H3. The van der Waals surface area contributed by atoms with E-state index in [1.165, 1.54) is 0 Å². The third kappa shape index (κ3) is 4.34. The molecule has 0 aromatic heterocycles. The van der Waals surface area contributed by atoms with Crippen molar-refractivity contribution >= 4 is 9.84 Å². The molecule has 0 saturated heterocycles. The van der Waals surface area contributed by atoms with Crippen LogP contribution in [-0.4, -0.2) is 20.2 Å². The summed E-state index contributed by atoms with van der Waals surface area (Å²) in [7, 11) is -3.69. The molecule has 0 saturated carbocycles. The Bertz CT molecular complexity index is 501. The Morgan fingerprint density at radius 3 is 2.50 bits per heavy atom. The van der Waals surface area contributed by atoms with E-state index in [0.29, 0.717) is 18.9 Å². The molecule has 0 heterocycles. The van der Waals surface area contributed by atoms with E-state index in [1.807, 2.05) is 6.92 Å². The lowest BCUT2D eigenvalue weighted by Gasteiger charge is -2.07. The molecule has 1 aromatic carbocycles. The van der Waals surface area contributed by atoms with Crippen molar-refractivity contribution in [3.8, 4) is 0 Å². The van der Waals surface area contributed by atoms with Gasteiger partial charge in [0.05, 0.1) is 5.75 Å². The maximum Gasteiger partial charge on any atom is 0.181 e. The highest BCUT2D eigenvalue weighted by atomic mass is 32.2. The van der Waals surface area contributed by atoms with Crippen LogP contribution in [0, 0.1) is 11.6 Å². The molecule has 6 heteroatoms. The Morgan fingerprint density at radius 2 is 1.94 bits per heavy atom. The second-order valence-corrected chi connectivity index (χ2v) is 6.44. The number of nitrogens with two attached hydrogens (primary N) is 1. The van der Waals surface area contributed by atoms with Gasteiger partial charge in [-0.3, -0.25) is 0 Å². The molecular weight excluding hydrogens is 260 g/mol. The minimum absolute atomic E-state index is 0.0234. The molecule has 2 N–H and O–H groups in total. The van der Waals surface area contributed by atoms with E-state index in [9.17, 15) is 17.2 Å². The van der Waals surface area contributed by atoms with E-state index in [0.717, 1.165) is 18.6 Å². The van der Waals surface area contributed by atoms with Gasteiger partial charge >= 0.3 is 0 Å². The molecule has 0 radical (unpaired) electrons. The van der Waals surface area contributed by atoms with Crippen molar-refractivity contribution in [1.82, 2.24) is 0 Å². The minimum Gasteiger partial charge on any atom is -0.328 e. The molecule has 1 atom stereocenters. The van der Waals surface area contributed by atoms with Crippen LogP contribution in [0.5, 0.6) is 0 Å². The second kappa shape index (κ2) is 6.24. The van der Waals surface area contributed by atoms with Crippen LogP contribution >= 0.6 is 0 Å². The third-order valence-corrected chi connectivity index (χ3v) is 4.38. The number of halogens is 2. The number of unbranched alkanes of at least 4 members (excludes halogenated alkanes) is 1. The van der Waals surface area contributed by atoms with E-state index in [2.05, 4.69) is 0 Å². The van der Waals surface area contributed by atoms with Gasteiger partial charge in [0.15, 0.2) is 9.84 Å². The molecule has 0 spiro atoms. The van der Waals surface area contributed by atoms with Crippen molar-refractivity contribution < 1.29 is 17.2 Å². The number of hydrogen-bond acceptors (Lipinski definition) is 3. The first-order valence-corrected chi connectivity index (χ1v) is 7.41. The zero-order valence-electron chi connectivity index (χ0n) is 10.2. The van der Waals surface area contributed by atoms with Crippen molar-refractivity contribution in [2.24, 2.45) is 5.73 Å². The molecule has 0 aliphatic carbocycles. The molecule has 3 nitrogen and oxygen atoms in total. The first-order valence-electron chi connectivity index (χ1n) is 5.76. The Balaban J connectivity index is 2.69. The molecule has 1 unspecified atom stereocenters.